The number of nitrogens with one attached hydrogen (secondary N) is 1. The molecular weight excluding hydrogens is 559 g/mol. The molecule has 6 rings (SSSR count). The number of ketones is 1. The minimum Gasteiger partial charge on any atom is -0.389 e. The smallest absolute Gasteiger partial charge is 0.389 e. The van der Waals surface area contributed by atoms with E-state index in [2.05, 4.69) is 29.0 Å². The Bertz CT molecular complexity index is 1200. The van der Waals surface area contributed by atoms with Crippen LogP contribution in [0.1, 0.15) is 82.8 Å². The van der Waals surface area contributed by atoms with Crippen LogP contribution in [0.3, 0.4) is 0 Å². The van der Waals surface area contributed by atoms with E-state index >= 15 is 0 Å². The van der Waals surface area contributed by atoms with Gasteiger partial charge in [-0.1, -0.05) is 26.0 Å². The van der Waals surface area contributed by atoms with Crippen molar-refractivity contribution in [2.24, 2.45) is 34.5 Å². The van der Waals surface area contributed by atoms with Gasteiger partial charge in [-0.05, 0) is 110 Å². The van der Waals surface area contributed by atoms with E-state index in [1.807, 2.05) is 0 Å². The number of halogens is 3. The van der Waals surface area contributed by atoms with Gasteiger partial charge in [0.25, 0.3) is 0 Å². The highest BCUT2D eigenvalue weighted by molar-refractivity contribution is 7.80. The van der Waals surface area contributed by atoms with Crippen LogP contribution < -0.4 is 5.32 Å². The molecule has 7 atom stereocenters. The van der Waals surface area contributed by atoms with E-state index in [1.54, 1.807) is 6.07 Å². The highest BCUT2D eigenvalue weighted by atomic mass is 32.1. The van der Waals surface area contributed by atoms with Crippen molar-refractivity contribution in [2.75, 3.05) is 32.7 Å². The number of alkyl halides is 3. The van der Waals surface area contributed by atoms with Crippen LogP contribution in [0.25, 0.3) is 0 Å². The average Bonchev–Trinajstić information content (AvgIpc) is 3.26. The first kappa shape index (κ1) is 30.3. The van der Waals surface area contributed by atoms with Crippen molar-refractivity contribution in [1.29, 1.82) is 0 Å². The maximum Gasteiger partial charge on any atom is 0.416 e. The molecule has 1 aliphatic heterocycles. The van der Waals surface area contributed by atoms with E-state index < -0.39 is 17.3 Å². The summed E-state index contributed by atoms with van der Waals surface area (Å²) in [6.07, 6.45) is 4.85. The molecule has 5 aliphatic rings. The topological polar surface area (TPSA) is 55.8 Å². The van der Waals surface area contributed by atoms with Gasteiger partial charge in [0.05, 0.1) is 11.2 Å². The van der Waals surface area contributed by atoms with Crippen molar-refractivity contribution in [3.8, 4) is 0 Å². The maximum absolute atomic E-state index is 13.0. The Morgan fingerprint density at radius 2 is 1.81 bits per heavy atom. The molecule has 42 heavy (non-hydrogen) atoms. The first-order chi connectivity index (χ1) is 19.8. The van der Waals surface area contributed by atoms with Crippen molar-refractivity contribution in [3.63, 3.8) is 0 Å². The molecule has 0 unspecified atom stereocenters. The fourth-order valence-electron chi connectivity index (χ4n) is 9.91. The number of rotatable bonds is 4. The standard InChI is InChI=1S/C33H46F3N3O2S/c1-30-12-13-32(41,19-24(30)6-7-25-26-8-9-28(40)31(26,2)11-10-27(25)30)21-38-14-16-39(17-15-38)29(42)37-20-22-4-3-5-23(18-22)33(34,35)36/h3-5,18,24-27,41H,6-17,19-21H2,1-2H3,(H,37,42)/t24-,25-,26-,27-,30-,31-,32+/m0/s1. The van der Waals surface area contributed by atoms with Gasteiger partial charge < -0.3 is 15.3 Å². The van der Waals surface area contributed by atoms with Crippen LogP contribution in [0.5, 0.6) is 0 Å². The van der Waals surface area contributed by atoms with Crippen molar-refractivity contribution >= 4 is 23.1 Å². The molecular formula is C33H46F3N3O2S. The quantitative estimate of drug-likeness (QED) is 0.409. The third-order valence-corrected chi connectivity index (χ3v) is 12.8. The zero-order valence-corrected chi connectivity index (χ0v) is 25.8. The van der Waals surface area contributed by atoms with Crippen LogP contribution in [0.4, 0.5) is 13.2 Å². The molecule has 1 aromatic carbocycles. The minimum absolute atomic E-state index is 0.0854. The van der Waals surface area contributed by atoms with Crippen molar-refractivity contribution in [1.82, 2.24) is 15.1 Å². The number of aliphatic hydroxyl groups is 1. The number of thiocarbonyl (C=S) groups is 1. The van der Waals surface area contributed by atoms with Crippen molar-refractivity contribution in [2.45, 2.75) is 90.0 Å². The van der Waals surface area contributed by atoms with E-state index in [0.29, 0.717) is 46.7 Å². The SMILES string of the molecule is C[C@]12CC[C@](O)(CN3CCN(C(=S)NCc4cccc(C(F)(F)F)c4)CC3)C[C@@H]1CC[C@@H]1[C@@H]2CC[C@]2(C)C(=O)CC[C@@H]12. The zero-order valence-electron chi connectivity index (χ0n) is 25.0. The predicted molar refractivity (Wildman–Crippen MR) is 161 cm³/mol. The minimum atomic E-state index is -4.36. The summed E-state index contributed by atoms with van der Waals surface area (Å²) in [6, 6.07) is 5.34. The lowest BCUT2D eigenvalue weighted by atomic mass is 9.44. The van der Waals surface area contributed by atoms with Crippen LogP contribution in [-0.4, -0.2) is 64.1 Å². The monoisotopic (exact) mass is 605 g/mol. The molecule has 4 saturated carbocycles. The van der Waals surface area contributed by atoms with Gasteiger partial charge in [-0.3, -0.25) is 9.69 Å². The Morgan fingerprint density at radius 3 is 2.55 bits per heavy atom. The predicted octanol–water partition coefficient (Wildman–Crippen LogP) is 6.04. The first-order valence-corrected chi connectivity index (χ1v) is 16.4. The largest absolute Gasteiger partial charge is 0.416 e. The van der Waals surface area contributed by atoms with Gasteiger partial charge in [-0.2, -0.15) is 13.2 Å². The number of carbonyl (C=O) groups excluding carboxylic acids is 1. The Balaban J connectivity index is 0.995. The summed E-state index contributed by atoms with van der Waals surface area (Å²) in [5.41, 5.74) is -0.600. The molecule has 0 aromatic heterocycles. The Hall–Kier alpha value is -1.71. The first-order valence-electron chi connectivity index (χ1n) is 16.0. The summed E-state index contributed by atoms with van der Waals surface area (Å²) in [4.78, 5) is 17.2. The van der Waals surface area contributed by atoms with Gasteiger partial charge in [0.15, 0.2) is 5.11 Å². The Kier molecular flexibility index (Phi) is 7.96. The number of hydrogen-bond donors (Lipinski definition) is 2. The fourth-order valence-corrected chi connectivity index (χ4v) is 10.2. The molecule has 232 valence electrons. The van der Waals surface area contributed by atoms with Crippen LogP contribution in [-0.2, 0) is 17.5 Å². The average molecular weight is 606 g/mol. The number of piperazine rings is 1. The number of carbonyl (C=O) groups is 1. The molecule has 4 aliphatic carbocycles. The van der Waals surface area contributed by atoms with E-state index in [4.69, 9.17) is 12.2 Å². The van der Waals surface area contributed by atoms with Gasteiger partial charge in [0, 0.05) is 51.1 Å². The number of nitrogens with zero attached hydrogens (tertiary/aromatic N) is 2. The van der Waals surface area contributed by atoms with Gasteiger partial charge in [-0.15, -0.1) is 0 Å². The molecule has 9 heteroatoms. The molecule has 1 aromatic rings. The molecule has 0 radical (unpaired) electrons. The Morgan fingerprint density at radius 1 is 1.05 bits per heavy atom. The normalized spacial score (nSPS) is 38.9. The molecule has 0 bridgehead atoms. The number of benzene rings is 1. The lowest BCUT2D eigenvalue weighted by Gasteiger charge is -2.61. The summed E-state index contributed by atoms with van der Waals surface area (Å²) in [5.74, 6) is 2.94. The second-order valence-corrected chi connectivity index (χ2v) is 15.0. The number of hydrogen-bond acceptors (Lipinski definition) is 4. The highest BCUT2D eigenvalue weighted by Crippen LogP contribution is 2.66. The molecule has 2 N–H and O–H groups in total. The summed E-state index contributed by atoms with van der Waals surface area (Å²) in [6.45, 7) is 8.74. The summed E-state index contributed by atoms with van der Waals surface area (Å²) in [7, 11) is 0. The second kappa shape index (κ2) is 11.0. The third-order valence-electron chi connectivity index (χ3n) is 12.4. The van der Waals surface area contributed by atoms with E-state index in [-0.39, 0.29) is 17.4 Å². The van der Waals surface area contributed by atoms with Crippen LogP contribution in [0, 0.1) is 34.5 Å². The second-order valence-electron chi connectivity index (χ2n) is 14.6. The van der Waals surface area contributed by atoms with Gasteiger partial charge >= 0.3 is 6.18 Å². The summed E-state index contributed by atoms with van der Waals surface area (Å²) < 4.78 is 39.1. The fraction of sp³-hybridized carbons (Fsp3) is 0.758. The molecule has 1 heterocycles. The van der Waals surface area contributed by atoms with E-state index in [0.717, 1.165) is 76.8 Å². The van der Waals surface area contributed by atoms with Gasteiger partial charge in [0.1, 0.15) is 5.78 Å². The molecule has 5 nitrogen and oxygen atoms in total. The zero-order chi connectivity index (χ0) is 29.9. The van der Waals surface area contributed by atoms with Gasteiger partial charge in [0.2, 0.25) is 0 Å². The lowest BCUT2D eigenvalue weighted by Crippen LogP contribution is -2.59. The van der Waals surface area contributed by atoms with Crippen LogP contribution in [0.2, 0.25) is 0 Å². The third kappa shape index (κ3) is 5.51. The summed E-state index contributed by atoms with van der Waals surface area (Å²) in [5, 5.41) is 15.5. The number of fused-ring (bicyclic) bond motifs is 5. The van der Waals surface area contributed by atoms with Crippen LogP contribution in [0.15, 0.2) is 24.3 Å². The highest BCUT2D eigenvalue weighted by Gasteiger charge is 2.61. The molecule has 5 fully saturated rings. The van der Waals surface area contributed by atoms with E-state index in [1.165, 1.54) is 25.3 Å². The van der Waals surface area contributed by atoms with Crippen molar-refractivity contribution in [3.05, 3.63) is 35.4 Å². The number of Topliss-reactive ketones (excluding diaryl/α,β-unsaturated/α-hetero) is 1. The maximum atomic E-state index is 13.0. The molecule has 0 amide bonds. The van der Waals surface area contributed by atoms with Crippen molar-refractivity contribution < 1.29 is 23.1 Å². The van der Waals surface area contributed by atoms with Gasteiger partial charge in [-0.25, -0.2) is 0 Å². The Labute approximate surface area is 253 Å². The molecule has 1 saturated heterocycles. The molecule has 0 spiro atoms. The lowest BCUT2D eigenvalue weighted by molar-refractivity contribution is -0.157. The number of β-amino-alcohol motifs (C(OH)–C–C–N with tert-alkyl or cyclic N) is 1. The van der Waals surface area contributed by atoms with Crippen LogP contribution >= 0.6 is 12.2 Å². The van der Waals surface area contributed by atoms with E-state index in [9.17, 15) is 23.1 Å². The summed E-state index contributed by atoms with van der Waals surface area (Å²) >= 11 is 5.57.